The summed E-state index contributed by atoms with van der Waals surface area (Å²) in [7, 11) is 0. The number of esters is 1. The van der Waals surface area contributed by atoms with E-state index >= 15 is 0 Å². The minimum absolute atomic E-state index is 0.226. The summed E-state index contributed by atoms with van der Waals surface area (Å²) in [5.41, 5.74) is 1.06. The van der Waals surface area contributed by atoms with Gasteiger partial charge in [0.25, 0.3) is 0 Å². The molecule has 2 aromatic heterocycles. The number of thiophene rings is 1. The molecule has 0 aliphatic carbocycles. The lowest BCUT2D eigenvalue weighted by Gasteiger charge is -2.10. The maximum atomic E-state index is 11.4. The Bertz CT molecular complexity index is 603. The van der Waals surface area contributed by atoms with Gasteiger partial charge >= 0.3 is 5.97 Å². The molecule has 2 heterocycles. The SMILES string of the molecule is CCNc1nc(SCC(=O)OCC)ncc1Cc1cccs1. The maximum Gasteiger partial charge on any atom is 0.316 e. The van der Waals surface area contributed by atoms with Crippen LogP contribution < -0.4 is 5.32 Å². The van der Waals surface area contributed by atoms with Crippen LogP contribution in [0.1, 0.15) is 24.3 Å². The van der Waals surface area contributed by atoms with Crippen LogP contribution in [0.2, 0.25) is 0 Å². The van der Waals surface area contributed by atoms with E-state index < -0.39 is 0 Å². The second-order valence-electron chi connectivity index (χ2n) is 4.41. The Kier molecular flexibility index (Phi) is 6.67. The van der Waals surface area contributed by atoms with Gasteiger partial charge in [-0.1, -0.05) is 17.8 Å². The molecule has 0 aromatic carbocycles. The number of carbonyl (C=O) groups excluding carboxylic acids is 1. The first kappa shape index (κ1) is 16.8. The van der Waals surface area contributed by atoms with Crippen molar-refractivity contribution in [1.29, 1.82) is 0 Å². The molecule has 0 fully saturated rings. The van der Waals surface area contributed by atoms with Crippen molar-refractivity contribution in [2.24, 2.45) is 0 Å². The normalized spacial score (nSPS) is 10.5. The highest BCUT2D eigenvalue weighted by Gasteiger charge is 2.10. The summed E-state index contributed by atoms with van der Waals surface area (Å²) in [5.74, 6) is 0.810. The van der Waals surface area contributed by atoms with Gasteiger partial charge in [0, 0.05) is 29.6 Å². The van der Waals surface area contributed by atoms with Gasteiger partial charge in [-0.3, -0.25) is 4.79 Å². The first-order valence-electron chi connectivity index (χ1n) is 7.13. The summed E-state index contributed by atoms with van der Waals surface area (Å²) in [6, 6.07) is 4.14. The standard InChI is InChI=1S/C15H19N3O2S2/c1-3-16-14-11(8-12-6-5-7-21-12)9-17-15(18-14)22-10-13(19)20-4-2/h5-7,9H,3-4,8,10H2,1-2H3,(H,16,17,18). The molecule has 1 N–H and O–H groups in total. The quantitative estimate of drug-likeness (QED) is 0.453. The van der Waals surface area contributed by atoms with E-state index in [1.54, 1.807) is 18.3 Å². The number of aromatic nitrogens is 2. The molecule has 2 aromatic rings. The van der Waals surface area contributed by atoms with Gasteiger partial charge in [-0.05, 0) is 25.3 Å². The third-order valence-electron chi connectivity index (χ3n) is 2.76. The van der Waals surface area contributed by atoms with E-state index in [0.717, 1.165) is 24.3 Å². The molecule has 0 aliphatic rings. The van der Waals surface area contributed by atoms with E-state index in [4.69, 9.17) is 4.74 Å². The molecule has 0 aliphatic heterocycles. The molecule has 7 heteroatoms. The van der Waals surface area contributed by atoms with Crippen LogP contribution >= 0.6 is 23.1 Å². The number of thioether (sulfide) groups is 1. The summed E-state index contributed by atoms with van der Waals surface area (Å²) in [5, 5.41) is 5.91. The number of anilines is 1. The van der Waals surface area contributed by atoms with Crippen molar-refractivity contribution in [2.45, 2.75) is 25.4 Å². The lowest BCUT2D eigenvalue weighted by molar-refractivity contribution is -0.139. The van der Waals surface area contributed by atoms with Gasteiger partial charge in [-0.15, -0.1) is 11.3 Å². The highest BCUT2D eigenvalue weighted by molar-refractivity contribution is 7.99. The van der Waals surface area contributed by atoms with Crippen molar-refractivity contribution in [2.75, 3.05) is 24.2 Å². The zero-order valence-corrected chi connectivity index (χ0v) is 14.3. The lowest BCUT2D eigenvalue weighted by Crippen LogP contribution is -2.09. The summed E-state index contributed by atoms with van der Waals surface area (Å²) in [4.78, 5) is 21.5. The second-order valence-corrected chi connectivity index (χ2v) is 6.38. The summed E-state index contributed by atoms with van der Waals surface area (Å²) < 4.78 is 4.91. The highest BCUT2D eigenvalue weighted by atomic mass is 32.2. The molecule has 2 rings (SSSR count). The topological polar surface area (TPSA) is 64.1 Å². The van der Waals surface area contributed by atoms with Crippen molar-refractivity contribution in [1.82, 2.24) is 9.97 Å². The Labute approximate surface area is 138 Å². The minimum Gasteiger partial charge on any atom is -0.465 e. The molecule has 0 amide bonds. The molecule has 5 nitrogen and oxygen atoms in total. The number of nitrogens with one attached hydrogen (secondary N) is 1. The molecule has 0 saturated carbocycles. The summed E-state index contributed by atoms with van der Waals surface area (Å²) >= 11 is 3.01. The van der Waals surface area contributed by atoms with E-state index in [-0.39, 0.29) is 11.7 Å². The highest BCUT2D eigenvalue weighted by Crippen LogP contribution is 2.22. The van der Waals surface area contributed by atoms with E-state index in [1.165, 1.54) is 16.6 Å². The average molecular weight is 337 g/mol. The Balaban J connectivity index is 2.07. The molecule has 22 heavy (non-hydrogen) atoms. The molecule has 0 saturated heterocycles. The molecule has 0 unspecified atom stereocenters. The molecule has 118 valence electrons. The van der Waals surface area contributed by atoms with Crippen molar-refractivity contribution >= 4 is 34.9 Å². The third-order valence-corrected chi connectivity index (χ3v) is 4.47. The summed E-state index contributed by atoms with van der Waals surface area (Å²) in [6.07, 6.45) is 2.64. The summed E-state index contributed by atoms with van der Waals surface area (Å²) in [6.45, 7) is 5.00. The van der Waals surface area contributed by atoms with Crippen molar-refractivity contribution in [3.63, 3.8) is 0 Å². The Hall–Kier alpha value is -1.60. The number of hydrogen-bond acceptors (Lipinski definition) is 7. The predicted molar refractivity (Wildman–Crippen MR) is 90.7 cm³/mol. The molecular formula is C15H19N3O2S2. The van der Waals surface area contributed by atoms with Crippen LogP contribution in [-0.4, -0.2) is 34.8 Å². The average Bonchev–Trinajstić information content (AvgIpc) is 3.01. The molecule has 0 spiro atoms. The molecule has 0 bridgehead atoms. The van der Waals surface area contributed by atoms with Gasteiger partial charge in [-0.25, -0.2) is 9.97 Å². The largest absolute Gasteiger partial charge is 0.465 e. The van der Waals surface area contributed by atoms with Gasteiger partial charge in [0.2, 0.25) is 0 Å². The van der Waals surface area contributed by atoms with Crippen LogP contribution in [0, 0.1) is 0 Å². The number of hydrogen-bond donors (Lipinski definition) is 1. The first-order chi connectivity index (χ1) is 10.7. The predicted octanol–water partition coefficient (Wildman–Crippen LogP) is 3.22. The fourth-order valence-corrected chi connectivity index (χ4v) is 3.18. The monoisotopic (exact) mass is 337 g/mol. The number of nitrogens with zero attached hydrogens (tertiary/aromatic N) is 2. The zero-order valence-electron chi connectivity index (χ0n) is 12.7. The van der Waals surface area contributed by atoms with Gasteiger partial charge in [0.1, 0.15) is 5.82 Å². The van der Waals surface area contributed by atoms with Gasteiger partial charge < -0.3 is 10.1 Å². The second kappa shape index (κ2) is 8.75. The first-order valence-corrected chi connectivity index (χ1v) is 9.00. The Morgan fingerprint density at radius 1 is 1.45 bits per heavy atom. The van der Waals surface area contributed by atoms with Crippen LogP contribution in [0.4, 0.5) is 5.82 Å². The van der Waals surface area contributed by atoms with E-state index in [0.29, 0.717) is 11.8 Å². The van der Waals surface area contributed by atoms with Crippen molar-refractivity contribution < 1.29 is 9.53 Å². The molecule has 0 atom stereocenters. The van der Waals surface area contributed by atoms with Gasteiger partial charge in [0.05, 0.1) is 12.4 Å². The van der Waals surface area contributed by atoms with E-state index in [9.17, 15) is 4.79 Å². The van der Waals surface area contributed by atoms with Crippen molar-refractivity contribution in [3.05, 3.63) is 34.2 Å². The van der Waals surface area contributed by atoms with E-state index in [2.05, 4.69) is 26.7 Å². The van der Waals surface area contributed by atoms with Crippen molar-refractivity contribution in [3.8, 4) is 0 Å². The molecular weight excluding hydrogens is 318 g/mol. The zero-order chi connectivity index (χ0) is 15.8. The van der Waals surface area contributed by atoms with Gasteiger partial charge in [0.15, 0.2) is 5.16 Å². The fourth-order valence-electron chi connectivity index (χ4n) is 1.84. The number of ether oxygens (including phenoxy) is 1. The van der Waals surface area contributed by atoms with E-state index in [1.807, 2.05) is 19.2 Å². The Morgan fingerprint density at radius 2 is 2.32 bits per heavy atom. The fraction of sp³-hybridized carbons (Fsp3) is 0.400. The van der Waals surface area contributed by atoms with Crippen LogP contribution in [-0.2, 0) is 16.0 Å². The number of carbonyl (C=O) groups is 1. The minimum atomic E-state index is -0.247. The molecule has 0 radical (unpaired) electrons. The smallest absolute Gasteiger partial charge is 0.316 e. The third kappa shape index (κ3) is 4.99. The maximum absolute atomic E-state index is 11.4. The van der Waals surface area contributed by atoms with Crippen LogP contribution in [0.5, 0.6) is 0 Å². The number of rotatable bonds is 8. The van der Waals surface area contributed by atoms with Crippen LogP contribution in [0.3, 0.4) is 0 Å². The van der Waals surface area contributed by atoms with Gasteiger partial charge in [-0.2, -0.15) is 0 Å². The van der Waals surface area contributed by atoms with Crippen LogP contribution in [0.15, 0.2) is 28.9 Å². The van der Waals surface area contributed by atoms with Crippen LogP contribution in [0.25, 0.3) is 0 Å². The lowest BCUT2D eigenvalue weighted by atomic mass is 10.2. The Morgan fingerprint density at radius 3 is 3.00 bits per heavy atom.